The summed E-state index contributed by atoms with van der Waals surface area (Å²) in [4.78, 5) is 26.4. The number of carbonyl (C=O) groups excluding carboxylic acids is 2. The highest BCUT2D eigenvalue weighted by Crippen LogP contribution is 2.20. The minimum absolute atomic E-state index is 0.0000777. The van der Waals surface area contributed by atoms with Crippen molar-refractivity contribution in [3.63, 3.8) is 0 Å². The fourth-order valence-corrected chi connectivity index (χ4v) is 3.02. The first-order valence-corrected chi connectivity index (χ1v) is 8.75. The van der Waals surface area contributed by atoms with E-state index in [0.717, 1.165) is 24.9 Å². The maximum absolute atomic E-state index is 12.4. The molecular formula is C19H28N2O3. The van der Waals surface area contributed by atoms with Crippen molar-refractivity contribution in [1.82, 2.24) is 10.2 Å². The second kappa shape index (κ2) is 8.83. The van der Waals surface area contributed by atoms with Crippen molar-refractivity contribution in [3.05, 3.63) is 35.4 Å². The quantitative estimate of drug-likeness (QED) is 0.812. The van der Waals surface area contributed by atoms with Crippen molar-refractivity contribution in [1.29, 1.82) is 0 Å². The summed E-state index contributed by atoms with van der Waals surface area (Å²) in [7, 11) is 0. The Hall–Kier alpha value is -1.88. The molecule has 1 N–H and O–H groups in total. The molecule has 2 rings (SSSR count). The molecule has 0 aromatic heterocycles. The fourth-order valence-electron chi connectivity index (χ4n) is 3.02. The Labute approximate surface area is 144 Å². The molecule has 0 spiro atoms. The van der Waals surface area contributed by atoms with Crippen molar-refractivity contribution in [2.45, 2.75) is 46.2 Å². The Kier molecular flexibility index (Phi) is 6.79. The van der Waals surface area contributed by atoms with Gasteiger partial charge in [-0.1, -0.05) is 29.8 Å². The van der Waals surface area contributed by atoms with Crippen LogP contribution in [0, 0.1) is 12.8 Å². The third-order valence-electron chi connectivity index (χ3n) is 4.59. The fraction of sp³-hybridized carbons (Fsp3) is 0.579. The number of hydrogen-bond donors (Lipinski definition) is 1. The molecule has 1 aliphatic heterocycles. The molecule has 0 unspecified atom stereocenters. The minimum Gasteiger partial charge on any atom is -0.466 e. The Morgan fingerprint density at radius 1 is 1.33 bits per heavy atom. The lowest BCUT2D eigenvalue weighted by molar-refractivity contribution is -0.151. The van der Waals surface area contributed by atoms with Gasteiger partial charge in [-0.2, -0.15) is 0 Å². The molecule has 0 radical (unpaired) electrons. The number of nitrogens with zero attached hydrogens (tertiary/aromatic N) is 1. The standard InChI is InChI=1S/C19H28N2O3/c1-4-24-19(23)17-6-5-11-21(13-17)15(3)18(22)20-12-16-9-7-14(2)8-10-16/h7-10,15,17H,4-6,11-13H2,1-3H3,(H,20,22)/t15-,17-/m1/s1. The van der Waals surface area contributed by atoms with Crippen LogP contribution < -0.4 is 5.32 Å². The summed E-state index contributed by atoms with van der Waals surface area (Å²) < 4.78 is 5.12. The maximum atomic E-state index is 12.4. The van der Waals surface area contributed by atoms with Crippen LogP contribution in [-0.4, -0.2) is 42.5 Å². The van der Waals surface area contributed by atoms with E-state index in [-0.39, 0.29) is 23.8 Å². The van der Waals surface area contributed by atoms with Crippen LogP contribution in [0.4, 0.5) is 0 Å². The molecule has 1 fully saturated rings. The zero-order valence-corrected chi connectivity index (χ0v) is 14.9. The van der Waals surface area contributed by atoms with Crippen LogP contribution in [0.2, 0.25) is 0 Å². The minimum atomic E-state index is -0.243. The van der Waals surface area contributed by atoms with Crippen LogP contribution in [0.25, 0.3) is 0 Å². The second-order valence-electron chi connectivity index (χ2n) is 6.47. The maximum Gasteiger partial charge on any atom is 0.310 e. The number of likely N-dealkylation sites (tertiary alicyclic amines) is 1. The molecule has 5 heteroatoms. The summed E-state index contributed by atoms with van der Waals surface area (Å²) >= 11 is 0. The SMILES string of the molecule is CCOC(=O)[C@@H]1CCCN([C@H](C)C(=O)NCc2ccc(C)cc2)C1. The highest BCUT2D eigenvalue weighted by molar-refractivity contribution is 5.81. The highest BCUT2D eigenvalue weighted by atomic mass is 16.5. The van der Waals surface area contributed by atoms with E-state index >= 15 is 0 Å². The number of piperidine rings is 1. The van der Waals surface area contributed by atoms with Crippen LogP contribution in [0.5, 0.6) is 0 Å². The van der Waals surface area contributed by atoms with Gasteiger partial charge in [0, 0.05) is 13.1 Å². The predicted molar refractivity (Wildman–Crippen MR) is 93.4 cm³/mol. The van der Waals surface area contributed by atoms with Gasteiger partial charge in [-0.05, 0) is 45.7 Å². The molecule has 132 valence electrons. The number of rotatable bonds is 6. The first-order chi connectivity index (χ1) is 11.5. The lowest BCUT2D eigenvalue weighted by atomic mass is 9.97. The average Bonchev–Trinajstić information content (AvgIpc) is 2.60. The zero-order valence-electron chi connectivity index (χ0n) is 14.9. The number of carbonyl (C=O) groups is 2. The summed E-state index contributed by atoms with van der Waals surface area (Å²) in [6.45, 7) is 8.13. The van der Waals surface area contributed by atoms with Crippen molar-refractivity contribution in [2.75, 3.05) is 19.7 Å². The van der Waals surface area contributed by atoms with Crippen molar-refractivity contribution >= 4 is 11.9 Å². The summed E-state index contributed by atoms with van der Waals surface area (Å²) in [6, 6.07) is 7.89. The van der Waals surface area contributed by atoms with Gasteiger partial charge in [0.1, 0.15) is 0 Å². The number of aryl methyl sites for hydroxylation is 1. The van der Waals surface area contributed by atoms with Gasteiger partial charge in [-0.3, -0.25) is 14.5 Å². The van der Waals surface area contributed by atoms with Gasteiger partial charge < -0.3 is 10.1 Å². The lowest BCUT2D eigenvalue weighted by Crippen LogP contribution is -2.50. The number of esters is 1. The summed E-state index contributed by atoms with van der Waals surface area (Å²) in [5, 5.41) is 2.99. The Bertz CT molecular complexity index is 556. The summed E-state index contributed by atoms with van der Waals surface area (Å²) in [6.07, 6.45) is 1.76. The van der Waals surface area contributed by atoms with Crippen molar-refractivity contribution in [2.24, 2.45) is 5.92 Å². The molecule has 2 atom stereocenters. The lowest BCUT2D eigenvalue weighted by Gasteiger charge is -2.35. The van der Waals surface area contributed by atoms with E-state index in [2.05, 4.69) is 10.2 Å². The van der Waals surface area contributed by atoms with E-state index in [1.807, 2.05) is 45.0 Å². The highest BCUT2D eigenvalue weighted by Gasteiger charge is 2.31. The second-order valence-corrected chi connectivity index (χ2v) is 6.47. The topological polar surface area (TPSA) is 58.6 Å². The molecule has 1 amide bonds. The molecule has 1 aromatic rings. The molecule has 1 saturated heterocycles. The third kappa shape index (κ3) is 5.06. The van der Waals surface area contributed by atoms with Crippen LogP contribution >= 0.6 is 0 Å². The van der Waals surface area contributed by atoms with Crippen molar-refractivity contribution < 1.29 is 14.3 Å². The monoisotopic (exact) mass is 332 g/mol. The number of ether oxygens (including phenoxy) is 1. The smallest absolute Gasteiger partial charge is 0.310 e. The van der Waals surface area contributed by atoms with E-state index in [1.54, 1.807) is 0 Å². The molecule has 0 saturated carbocycles. The zero-order chi connectivity index (χ0) is 17.5. The summed E-state index contributed by atoms with van der Waals surface area (Å²) in [5.74, 6) is -0.263. The largest absolute Gasteiger partial charge is 0.466 e. The predicted octanol–water partition coefficient (Wildman–Crippen LogP) is 2.27. The molecule has 1 aliphatic rings. The molecule has 1 aromatic carbocycles. The van der Waals surface area contributed by atoms with Crippen LogP contribution in [0.15, 0.2) is 24.3 Å². The van der Waals surface area contributed by atoms with Crippen LogP contribution in [-0.2, 0) is 20.9 Å². The first kappa shape index (κ1) is 18.5. The third-order valence-corrected chi connectivity index (χ3v) is 4.59. The number of benzene rings is 1. The van der Waals surface area contributed by atoms with Gasteiger partial charge in [0.15, 0.2) is 0 Å². The molecule has 0 aliphatic carbocycles. The average molecular weight is 332 g/mol. The summed E-state index contributed by atoms with van der Waals surface area (Å²) in [5.41, 5.74) is 2.29. The Morgan fingerprint density at radius 3 is 2.71 bits per heavy atom. The van der Waals surface area contributed by atoms with E-state index in [1.165, 1.54) is 5.56 Å². The molecular weight excluding hydrogens is 304 g/mol. The van der Waals surface area contributed by atoms with E-state index in [9.17, 15) is 9.59 Å². The van der Waals surface area contributed by atoms with Gasteiger partial charge >= 0.3 is 5.97 Å². The van der Waals surface area contributed by atoms with Gasteiger partial charge in [-0.15, -0.1) is 0 Å². The van der Waals surface area contributed by atoms with Gasteiger partial charge in [0.05, 0.1) is 18.6 Å². The van der Waals surface area contributed by atoms with E-state index in [0.29, 0.717) is 19.7 Å². The first-order valence-electron chi connectivity index (χ1n) is 8.75. The van der Waals surface area contributed by atoms with Crippen LogP contribution in [0.3, 0.4) is 0 Å². The van der Waals surface area contributed by atoms with E-state index < -0.39 is 0 Å². The van der Waals surface area contributed by atoms with Gasteiger partial charge in [0.25, 0.3) is 0 Å². The molecule has 0 bridgehead atoms. The molecule has 1 heterocycles. The number of amides is 1. The van der Waals surface area contributed by atoms with E-state index in [4.69, 9.17) is 4.74 Å². The van der Waals surface area contributed by atoms with Crippen molar-refractivity contribution in [3.8, 4) is 0 Å². The van der Waals surface area contributed by atoms with Gasteiger partial charge in [0.2, 0.25) is 5.91 Å². The number of nitrogens with one attached hydrogen (secondary N) is 1. The van der Waals surface area contributed by atoms with Crippen LogP contribution in [0.1, 0.15) is 37.8 Å². The Morgan fingerprint density at radius 2 is 2.04 bits per heavy atom. The molecule has 24 heavy (non-hydrogen) atoms. The molecule has 5 nitrogen and oxygen atoms in total. The number of hydrogen-bond acceptors (Lipinski definition) is 4. The van der Waals surface area contributed by atoms with Gasteiger partial charge in [-0.25, -0.2) is 0 Å². The Balaban J connectivity index is 1.85. The normalized spacial score (nSPS) is 19.5.